The normalized spacial score (nSPS) is 17.3. The molecule has 0 unspecified atom stereocenters. The minimum absolute atomic E-state index is 0.0989. The Balaban J connectivity index is 2.36. The zero-order valence-corrected chi connectivity index (χ0v) is 11.6. The summed E-state index contributed by atoms with van der Waals surface area (Å²) in [5.74, 6) is 0.0989. The molecule has 18 heavy (non-hydrogen) atoms. The molecule has 92 valence electrons. The van der Waals surface area contributed by atoms with Crippen molar-refractivity contribution in [2.24, 2.45) is 4.99 Å². The lowest BCUT2D eigenvalue weighted by Gasteiger charge is -2.10. The van der Waals surface area contributed by atoms with Gasteiger partial charge in [-0.15, -0.1) is 0 Å². The summed E-state index contributed by atoms with van der Waals surface area (Å²) in [5, 5.41) is 9.05. The Labute approximate surface area is 114 Å². The molecular formula is C13H12BrN3O. The predicted octanol–water partition coefficient (Wildman–Crippen LogP) is 2.65. The molecule has 1 saturated heterocycles. The summed E-state index contributed by atoms with van der Waals surface area (Å²) in [7, 11) is 0. The van der Waals surface area contributed by atoms with Crippen LogP contribution in [-0.2, 0) is 4.79 Å². The Morgan fingerprint density at radius 3 is 2.94 bits per heavy atom. The monoisotopic (exact) mass is 305 g/mol. The van der Waals surface area contributed by atoms with E-state index >= 15 is 0 Å². The van der Waals surface area contributed by atoms with Gasteiger partial charge in [0.25, 0.3) is 0 Å². The third-order valence-corrected chi connectivity index (χ3v) is 3.48. The van der Waals surface area contributed by atoms with Crippen molar-refractivity contribution in [3.8, 4) is 6.07 Å². The summed E-state index contributed by atoms with van der Waals surface area (Å²) in [4.78, 5) is 17.8. The van der Waals surface area contributed by atoms with Crippen LogP contribution in [0.25, 0.3) is 0 Å². The zero-order chi connectivity index (χ0) is 13.1. The molecule has 0 aromatic heterocycles. The van der Waals surface area contributed by atoms with Crippen LogP contribution in [0.3, 0.4) is 0 Å². The zero-order valence-electron chi connectivity index (χ0n) is 9.98. The first-order valence-corrected chi connectivity index (χ1v) is 6.47. The predicted molar refractivity (Wildman–Crippen MR) is 72.8 cm³/mol. The summed E-state index contributed by atoms with van der Waals surface area (Å²) >= 11 is 3.39. The van der Waals surface area contributed by atoms with Crippen molar-refractivity contribution in [1.29, 1.82) is 5.26 Å². The number of carbonyl (C=O) groups excluding carboxylic acids is 1. The van der Waals surface area contributed by atoms with Crippen LogP contribution < -0.4 is 0 Å². The fourth-order valence-corrected chi connectivity index (χ4v) is 2.35. The molecule has 1 amide bonds. The van der Waals surface area contributed by atoms with Crippen LogP contribution in [0.1, 0.15) is 18.9 Å². The van der Waals surface area contributed by atoms with E-state index in [1.807, 2.05) is 13.0 Å². The van der Waals surface area contributed by atoms with Gasteiger partial charge in [0.05, 0.1) is 24.2 Å². The molecule has 5 heteroatoms. The summed E-state index contributed by atoms with van der Waals surface area (Å²) in [5.41, 5.74) is 1.94. The van der Waals surface area contributed by atoms with Crippen molar-refractivity contribution >= 4 is 33.2 Å². The van der Waals surface area contributed by atoms with Gasteiger partial charge in [-0.1, -0.05) is 6.07 Å². The summed E-state index contributed by atoms with van der Waals surface area (Å²) < 4.78 is 0.774. The number of hydrogen-bond donors (Lipinski definition) is 0. The number of likely N-dealkylation sites (tertiary alicyclic amines) is 1. The number of para-hydroxylation sites is 1. The number of carbonyl (C=O) groups is 1. The molecule has 2 rings (SSSR count). The number of amides is 1. The fraction of sp³-hybridized carbons (Fsp3) is 0.308. The molecule has 0 bridgehead atoms. The van der Waals surface area contributed by atoms with Crippen LogP contribution in [0, 0.1) is 11.3 Å². The summed E-state index contributed by atoms with van der Waals surface area (Å²) in [6.07, 6.45) is 0.347. The highest BCUT2D eigenvalue weighted by atomic mass is 79.9. The number of nitrogens with zero attached hydrogens (tertiary/aromatic N) is 3. The van der Waals surface area contributed by atoms with Gasteiger partial charge >= 0.3 is 0 Å². The van der Waals surface area contributed by atoms with Crippen molar-refractivity contribution < 1.29 is 4.79 Å². The topological polar surface area (TPSA) is 56.5 Å². The minimum atomic E-state index is 0.0989. The maximum absolute atomic E-state index is 11.6. The van der Waals surface area contributed by atoms with Crippen LogP contribution in [0.5, 0.6) is 0 Å². The van der Waals surface area contributed by atoms with E-state index in [2.05, 4.69) is 27.0 Å². The van der Waals surface area contributed by atoms with Gasteiger partial charge in [-0.05, 0) is 35.0 Å². The molecule has 1 heterocycles. The maximum atomic E-state index is 11.6. The average molecular weight is 306 g/mol. The van der Waals surface area contributed by atoms with Crippen molar-refractivity contribution in [3.05, 3.63) is 28.2 Å². The molecule has 0 N–H and O–H groups in total. The van der Waals surface area contributed by atoms with Gasteiger partial charge < -0.3 is 4.90 Å². The third-order valence-electron chi connectivity index (χ3n) is 2.84. The van der Waals surface area contributed by atoms with Crippen molar-refractivity contribution in [1.82, 2.24) is 4.90 Å². The second-order valence-electron chi connectivity index (χ2n) is 4.01. The van der Waals surface area contributed by atoms with Gasteiger partial charge in [-0.2, -0.15) is 5.26 Å². The highest BCUT2D eigenvalue weighted by Gasteiger charge is 2.24. The lowest BCUT2D eigenvalue weighted by molar-refractivity contribution is -0.127. The maximum Gasteiger partial charge on any atom is 0.228 e. The molecule has 1 aromatic rings. The minimum Gasteiger partial charge on any atom is -0.337 e. The summed E-state index contributed by atoms with van der Waals surface area (Å²) in [6, 6.07) is 7.47. The molecule has 1 aliphatic heterocycles. The molecular weight excluding hydrogens is 294 g/mol. The molecule has 0 radical (unpaired) electrons. The van der Waals surface area contributed by atoms with Crippen LogP contribution in [0.4, 0.5) is 5.69 Å². The fourth-order valence-electron chi connectivity index (χ4n) is 1.89. The van der Waals surface area contributed by atoms with Gasteiger partial charge in [0, 0.05) is 16.7 Å². The van der Waals surface area contributed by atoms with E-state index < -0.39 is 0 Å². The van der Waals surface area contributed by atoms with Crippen molar-refractivity contribution in [2.45, 2.75) is 13.3 Å². The largest absolute Gasteiger partial charge is 0.337 e. The van der Waals surface area contributed by atoms with E-state index in [1.165, 1.54) is 0 Å². The van der Waals surface area contributed by atoms with E-state index in [-0.39, 0.29) is 5.91 Å². The Morgan fingerprint density at radius 1 is 1.56 bits per heavy atom. The van der Waals surface area contributed by atoms with Crippen LogP contribution in [0.2, 0.25) is 0 Å². The number of hydrogen-bond acceptors (Lipinski definition) is 3. The number of benzene rings is 1. The van der Waals surface area contributed by atoms with Crippen molar-refractivity contribution in [3.63, 3.8) is 0 Å². The average Bonchev–Trinajstić information content (AvgIpc) is 2.72. The van der Waals surface area contributed by atoms with Gasteiger partial charge in [-0.25, -0.2) is 0 Å². The number of aliphatic imine (C=N–C) groups is 1. The van der Waals surface area contributed by atoms with Crippen molar-refractivity contribution in [2.75, 3.05) is 13.1 Å². The Kier molecular flexibility index (Phi) is 3.78. The van der Waals surface area contributed by atoms with E-state index in [1.54, 1.807) is 17.0 Å². The van der Waals surface area contributed by atoms with E-state index in [0.717, 1.165) is 10.2 Å². The summed E-state index contributed by atoms with van der Waals surface area (Å²) in [6.45, 7) is 3.19. The number of rotatable bonds is 2. The smallest absolute Gasteiger partial charge is 0.228 e. The molecule has 1 aromatic carbocycles. The van der Waals surface area contributed by atoms with Crippen LogP contribution in [-0.4, -0.2) is 29.6 Å². The van der Waals surface area contributed by atoms with E-state index in [4.69, 9.17) is 5.26 Å². The first kappa shape index (κ1) is 12.8. The van der Waals surface area contributed by atoms with Crippen LogP contribution >= 0.6 is 15.9 Å². The van der Waals surface area contributed by atoms with Crippen LogP contribution in [0.15, 0.2) is 27.7 Å². The third kappa shape index (κ3) is 2.44. The Hall–Kier alpha value is -1.67. The first-order valence-electron chi connectivity index (χ1n) is 5.68. The second kappa shape index (κ2) is 5.32. The molecule has 1 fully saturated rings. The van der Waals surface area contributed by atoms with Gasteiger partial charge in [0.15, 0.2) is 0 Å². The second-order valence-corrected chi connectivity index (χ2v) is 4.86. The molecule has 0 saturated carbocycles. The number of halogens is 1. The van der Waals surface area contributed by atoms with Gasteiger partial charge in [0.2, 0.25) is 5.91 Å². The highest BCUT2D eigenvalue weighted by Crippen LogP contribution is 2.30. The molecule has 0 aliphatic carbocycles. The lowest BCUT2D eigenvalue weighted by Crippen LogP contribution is -2.24. The molecule has 0 spiro atoms. The molecule has 1 aliphatic rings. The SMILES string of the molecule is CCN1CC(=Nc2c(Br)cccc2C#N)CC1=O. The van der Waals surface area contributed by atoms with E-state index in [0.29, 0.717) is 30.8 Å². The van der Waals surface area contributed by atoms with E-state index in [9.17, 15) is 4.79 Å². The standard InChI is InChI=1S/C13H12BrN3O/c1-2-17-8-10(6-12(17)18)16-13-9(7-15)4-3-5-11(13)14/h3-5H,2,6,8H2,1H3. The quantitative estimate of drug-likeness (QED) is 0.843. The Bertz CT molecular complexity index is 560. The first-order chi connectivity index (χ1) is 8.65. The molecule has 0 atom stereocenters. The highest BCUT2D eigenvalue weighted by molar-refractivity contribution is 9.10. The Morgan fingerprint density at radius 2 is 2.33 bits per heavy atom. The number of nitriles is 1. The molecule has 4 nitrogen and oxygen atoms in total. The lowest BCUT2D eigenvalue weighted by atomic mass is 10.2. The van der Waals surface area contributed by atoms with Gasteiger partial charge in [0.1, 0.15) is 6.07 Å². The van der Waals surface area contributed by atoms with Gasteiger partial charge in [-0.3, -0.25) is 9.79 Å².